The van der Waals surface area contributed by atoms with E-state index in [0.717, 1.165) is 17.1 Å². The molecule has 0 amide bonds. The highest BCUT2D eigenvalue weighted by atomic mass is 32.1. The van der Waals surface area contributed by atoms with Crippen LogP contribution in [0.3, 0.4) is 0 Å². The molecule has 0 unspecified atom stereocenters. The zero-order valence-corrected chi connectivity index (χ0v) is 28.0. The number of fused-ring (bicyclic) bond motifs is 7. The number of rotatable bonds is 5. The highest BCUT2D eigenvalue weighted by Gasteiger charge is 2.16. The third-order valence-electron chi connectivity index (χ3n) is 9.57. The first-order valence-corrected chi connectivity index (χ1v) is 18.1. The number of anilines is 3. The van der Waals surface area contributed by atoms with Crippen LogP contribution in [0.5, 0.6) is 0 Å². The molecule has 7 aromatic carbocycles. The van der Waals surface area contributed by atoms with Crippen molar-refractivity contribution in [3.8, 4) is 22.3 Å². The SMILES string of the molecule is c1ccc2c(-c3ccc(N(c4ccc(-c5ccc6sc7ccncc7c6c5)cc4)c4ccc5sc6ccccc6c5c4)cc3)cccc2c1. The van der Waals surface area contributed by atoms with Gasteiger partial charge in [0, 0.05) is 69.8 Å². The van der Waals surface area contributed by atoms with Gasteiger partial charge in [-0.3, -0.25) is 4.98 Å². The van der Waals surface area contributed by atoms with Crippen LogP contribution in [0, 0.1) is 0 Å². The summed E-state index contributed by atoms with van der Waals surface area (Å²) in [7, 11) is 0. The van der Waals surface area contributed by atoms with Gasteiger partial charge in [0.15, 0.2) is 0 Å². The van der Waals surface area contributed by atoms with Gasteiger partial charge in [0.05, 0.1) is 0 Å². The fourth-order valence-electron chi connectivity index (χ4n) is 7.17. The van der Waals surface area contributed by atoms with E-state index in [1.54, 1.807) is 0 Å². The molecule has 0 radical (unpaired) electrons. The Kier molecular flexibility index (Phi) is 6.57. The molecule has 10 aromatic rings. The van der Waals surface area contributed by atoms with E-state index in [9.17, 15) is 0 Å². The van der Waals surface area contributed by atoms with Crippen LogP contribution in [0.2, 0.25) is 0 Å². The summed E-state index contributed by atoms with van der Waals surface area (Å²) in [5.74, 6) is 0. The summed E-state index contributed by atoms with van der Waals surface area (Å²) >= 11 is 3.68. The Morgan fingerprint density at radius 1 is 0.388 bits per heavy atom. The molecule has 0 aliphatic carbocycles. The summed E-state index contributed by atoms with van der Waals surface area (Å²) in [6.07, 6.45) is 3.86. The molecule has 3 aromatic heterocycles. The molecule has 0 saturated carbocycles. The predicted octanol–water partition coefficient (Wildman–Crippen LogP) is 13.8. The predicted molar refractivity (Wildman–Crippen MR) is 213 cm³/mol. The quantitative estimate of drug-likeness (QED) is 0.183. The fourth-order valence-corrected chi connectivity index (χ4v) is 9.31. The normalized spacial score (nSPS) is 11.7. The van der Waals surface area contributed by atoms with Gasteiger partial charge in [-0.2, -0.15) is 0 Å². The molecule has 230 valence electrons. The first kappa shape index (κ1) is 28.2. The Balaban J connectivity index is 1.08. The molecule has 0 fully saturated rings. The Labute approximate surface area is 291 Å². The second-order valence-electron chi connectivity index (χ2n) is 12.4. The minimum Gasteiger partial charge on any atom is -0.310 e. The number of thiophene rings is 2. The molecule has 0 aliphatic heterocycles. The van der Waals surface area contributed by atoms with Crippen molar-refractivity contribution in [3.05, 3.63) is 170 Å². The molecule has 0 N–H and O–H groups in total. The second kappa shape index (κ2) is 11.4. The van der Waals surface area contributed by atoms with Gasteiger partial charge in [-0.25, -0.2) is 0 Å². The van der Waals surface area contributed by atoms with Crippen molar-refractivity contribution >= 4 is 90.9 Å². The van der Waals surface area contributed by atoms with Crippen LogP contribution in [0.4, 0.5) is 17.1 Å². The Bertz CT molecular complexity index is 2820. The first-order valence-electron chi connectivity index (χ1n) is 16.4. The zero-order valence-electron chi connectivity index (χ0n) is 26.4. The summed E-state index contributed by atoms with van der Waals surface area (Å²) in [4.78, 5) is 6.77. The van der Waals surface area contributed by atoms with Crippen LogP contribution >= 0.6 is 22.7 Å². The van der Waals surface area contributed by atoms with Crippen LogP contribution in [-0.2, 0) is 0 Å². The highest BCUT2D eigenvalue weighted by Crippen LogP contribution is 2.42. The number of nitrogens with zero attached hydrogens (tertiary/aromatic N) is 2. The van der Waals surface area contributed by atoms with E-state index >= 15 is 0 Å². The second-order valence-corrected chi connectivity index (χ2v) is 14.6. The molecule has 0 spiro atoms. The van der Waals surface area contributed by atoms with Crippen molar-refractivity contribution in [1.29, 1.82) is 0 Å². The molecule has 10 rings (SSSR count). The lowest BCUT2D eigenvalue weighted by Gasteiger charge is -2.26. The standard InChI is InChI=1S/C45H28N2S2/c1-2-8-36-30(6-1)7-5-10-37(36)31-14-19-34(20-15-31)47(35-21-23-44-40(27-35)38-9-3-4-11-42(38)48-44)33-17-12-29(13-18-33)32-16-22-43-39(26-32)41-28-46-25-24-45(41)49-43/h1-28H. The minimum atomic E-state index is 1.12. The van der Waals surface area contributed by atoms with Crippen LogP contribution in [0.15, 0.2) is 170 Å². The molecule has 49 heavy (non-hydrogen) atoms. The van der Waals surface area contributed by atoms with E-state index in [2.05, 4.69) is 168 Å². The Hall–Kier alpha value is -5.81. The minimum absolute atomic E-state index is 1.12. The molecule has 0 bridgehead atoms. The first-order chi connectivity index (χ1) is 24.3. The van der Waals surface area contributed by atoms with Crippen LogP contribution in [-0.4, -0.2) is 4.98 Å². The van der Waals surface area contributed by atoms with Crippen molar-refractivity contribution in [1.82, 2.24) is 4.98 Å². The molecule has 0 aliphatic rings. The van der Waals surface area contributed by atoms with Crippen LogP contribution < -0.4 is 4.90 Å². The van der Waals surface area contributed by atoms with E-state index in [1.165, 1.54) is 73.4 Å². The lowest BCUT2D eigenvalue weighted by atomic mass is 9.98. The lowest BCUT2D eigenvalue weighted by molar-refractivity contribution is 1.29. The highest BCUT2D eigenvalue weighted by molar-refractivity contribution is 7.26. The topological polar surface area (TPSA) is 16.1 Å². The van der Waals surface area contributed by atoms with E-state index < -0.39 is 0 Å². The third kappa shape index (κ3) is 4.80. The van der Waals surface area contributed by atoms with Crippen molar-refractivity contribution < 1.29 is 0 Å². The maximum Gasteiger partial charge on any atom is 0.0468 e. The maximum absolute atomic E-state index is 4.40. The zero-order chi connectivity index (χ0) is 32.3. The van der Waals surface area contributed by atoms with E-state index in [0.29, 0.717) is 0 Å². The summed E-state index contributed by atoms with van der Waals surface area (Å²) in [6.45, 7) is 0. The number of pyridine rings is 1. The number of hydrogen-bond donors (Lipinski definition) is 0. The van der Waals surface area contributed by atoms with Crippen molar-refractivity contribution in [2.75, 3.05) is 4.90 Å². The number of benzene rings is 7. The van der Waals surface area contributed by atoms with E-state index in [1.807, 2.05) is 35.1 Å². The van der Waals surface area contributed by atoms with Gasteiger partial charge in [-0.1, -0.05) is 91.0 Å². The molecule has 0 atom stereocenters. The number of aromatic nitrogens is 1. The summed E-state index contributed by atoms with van der Waals surface area (Å²) < 4.78 is 5.18. The van der Waals surface area contributed by atoms with Gasteiger partial charge in [0.1, 0.15) is 0 Å². The Morgan fingerprint density at radius 2 is 0.980 bits per heavy atom. The van der Waals surface area contributed by atoms with Crippen LogP contribution in [0.25, 0.3) is 73.4 Å². The monoisotopic (exact) mass is 660 g/mol. The largest absolute Gasteiger partial charge is 0.310 e. The van der Waals surface area contributed by atoms with Gasteiger partial charge in [-0.15, -0.1) is 22.7 Å². The molecule has 3 heterocycles. The molecular weight excluding hydrogens is 633 g/mol. The molecule has 0 saturated heterocycles. The van der Waals surface area contributed by atoms with E-state index in [4.69, 9.17) is 0 Å². The third-order valence-corrected chi connectivity index (χ3v) is 11.9. The average Bonchev–Trinajstić information content (AvgIpc) is 3.73. The fraction of sp³-hybridized carbons (Fsp3) is 0. The van der Waals surface area contributed by atoms with Crippen molar-refractivity contribution in [2.45, 2.75) is 0 Å². The summed E-state index contributed by atoms with van der Waals surface area (Å²) in [6, 6.07) is 57.7. The van der Waals surface area contributed by atoms with Gasteiger partial charge >= 0.3 is 0 Å². The Morgan fingerprint density at radius 3 is 1.80 bits per heavy atom. The van der Waals surface area contributed by atoms with Gasteiger partial charge in [-0.05, 0) is 99.8 Å². The molecule has 2 nitrogen and oxygen atoms in total. The van der Waals surface area contributed by atoms with E-state index in [-0.39, 0.29) is 0 Å². The van der Waals surface area contributed by atoms with Gasteiger partial charge < -0.3 is 4.90 Å². The lowest BCUT2D eigenvalue weighted by Crippen LogP contribution is -2.09. The summed E-state index contributed by atoms with van der Waals surface area (Å²) in [5.41, 5.74) is 8.24. The smallest absolute Gasteiger partial charge is 0.0468 e. The molecular formula is C45H28N2S2. The molecule has 4 heteroatoms. The average molecular weight is 661 g/mol. The van der Waals surface area contributed by atoms with Crippen molar-refractivity contribution in [2.24, 2.45) is 0 Å². The maximum atomic E-state index is 4.40. The van der Waals surface area contributed by atoms with Crippen LogP contribution in [0.1, 0.15) is 0 Å². The van der Waals surface area contributed by atoms with Gasteiger partial charge in [0.25, 0.3) is 0 Å². The van der Waals surface area contributed by atoms with Gasteiger partial charge in [0.2, 0.25) is 0 Å². The summed E-state index contributed by atoms with van der Waals surface area (Å²) in [5, 5.41) is 7.60. The number of hydrogen-bond acceptors (Lipinski definition) is 4. The van der Waals surface area contributed by atoms with Crippen molar-refractivity contribution in [3.63, 3.8) is 0 Å².